The van der Waals surface area contributed by atoms with Crippen LogP contribution in [0.1, 0.15) is 53.6 Å². The number of hydrogen-bond donors (Lipinski definition) is 1. The van der Waals surface area contributed by atoms with Gasteiger partial charge in [-0.25, -0.2) is 4.39 Å². The number of benzene rings is 2. The molecule has 0 unspecified atom stereocenters. The van der Waals surface area contributed by atoms with E-state index in [1.54, 1.807) is 0 Å². The summed E-state index contributed by atoms with van der Waals surface area (Å²) in [7, 11) is 0. The largest absolute Gasteiger partial charge is 0.494 e. The zero-order valence-electron chi connectivity index (χ0n) is 18.6. The van der Waals surface area contributed by atoms with E-state index in [4.69, 9.17) is 9.72 Å². The van der Waals surface area contributed by atoms with Gasteiger partial charge in [0, 0.05) is 36.5 Å². The van der Waals surface area contributed by atoms with Crippen LogP contribution in [0.15, 0.2) is 60.8 Å². The molecule has 4 rings (SSSR count). The van der Waals surface area contributed by atoms with Gasteiger partial charge in [0.05, 0.1) is 13.2 Å². The van der Waals surface area contributed by atoms with Crippen molar-refractivity contribution in [3.63, 3.8) is 0 Å². The molecule has 0 spiro atoms. The van der Waals surface area contributed by atoms with Gasteiger partial charge in [-0.05, 0) is 79.8 Å². The van der Waals surface area contributed by atoms with Gasteiger partial charge in [0.15, 0.2) is 0 Å². The molecule has 0 radical (unpaired) electrons. The summed E-state index contributed by atoms with van der Waals surface area (Å²) in [5.74, 6) is 0.978. The number of ether oxygens (including phenoxy) is 1. The highest BCUT2D eigenvalue weighted by molar-refractivity contribution is 5.37. The molecular formula is C27H31FN2O2. The minimum atomic E-state index is -0.207. The molecule has 1 aromatic heterocycles. The van der Waals surface area contributed by atoms with Crippen molar-refractivity contribution in [2.75, 3.05) is 19.7 Å². The fourth-order valence-electron chi connectivity index (χ4n) is 4.47. The molecule has 2 heterocycles. The van der Waals surface area contributed by atoms with Gasteiger partial charge in [-0.3, -0.25) is 9.88 Å². The Bertz CT molecular complexity index is 1010. The van der Waals surface area contributed by atoms with Crippen molar-refractivity contribution >= 4 is 0 Å². The molecule has 0 amide bonds. The molecule has 0 bridgehead atoms. The van der Waals surface area contributed by atoms with Gasteiger partial charge in [0.2, 0.25) is 0 Å². The van der Waals surface area contributed by atoms with Crippen LogP contribution in [-0.2, 0) is 19.6 Å². The number of pyridine rings is 1. The van der Waals surface area contributed by atoms with Crippen LogP contribution in [0.4, 0.5) is 4.39 Å². The summed E-state index contributed by atoms with van der Waals surface area (Å²) >= 11 is 0. The van der Waals surface area contributed by atoms with Gasteiger partial charge in [-0.2, -0.15) is 0 Å². The van der Waals surface area contributed by atoms with E-state index in [0.29, 0.717) is 12.5 Å². The lowest BCUT2D eigenvalue weighted by Gasteiger charge is -2.32. The quantitative estimate of drug-likeness (QED) is 0.537. The molecule has 3 aromatic rings. The van der Waals surface area contributed by atoms with Crippen molar-refractivity contribution in [1.29, 1.82) is 0 Å². The Morgan fingerprint density at radius 3 is 2.56 bits per heavy atom. The van der Waals surface area contributed by atoms with E-state index in [1.165, 1.54) is 17.7 Å². The molecule has 1 fully saturated rings. The third-order valence-electron chi connectivity index (χ3n) is 6.09. The number of aliphatic hydroxyl groups is 1. The molecule has 0 saturated carbocycles. The SMILES string of the molecule is CCOc1ccc(CN2CCC[C@@H](c3ccc(Cc4ccc(F)cc4)cn3)C2)cc1CO. The summed E-state index contributed by atoms with van der Waals surface area (Å²) in [6.45, 7) is 5.44. The Morgan fingerprint density at radius 2 is 1.84 bits per heavy atom. The lowest BCUT2D eigenvalue weighted by atomic mass is 9.93. The van der Waals surface area contributed by atoms with Crippen molar-refractivity contribution in [3.05, 3.63) is 94.6 Å². The van der Waals surface area contributed by atoms with Crippen molar-refractivity contribution in [2.45, 2.75) is 45.3 Å². The number of aromatic nitrogens is 1. The van der Waals surface area contributed by atoms with Gasteiger partial charge in [-0.15, -0.1) is 0 Å². The maximum atomic E-state index is 13.1. The summed E-state index contributed by atoms with van der Waals surface area (Å²) < 4.78 is 18.7. The molecule has 1 atom stereocenters. The zero-order chi connectivity index (χ0) is 22.3. The van der Waals surface area contributed by atoms with Crippen molar-refractivity contribution in [1.82, 2.24) is 9.88 Å². The molecule has 2 aromatic carbocycles. The lowest BCUT2D eigenvalue weighted by molar-refractivity contribution is 0.198. The van der Waals surface area contributed by atoms with Gasteiger partial charge in [0.25, 0.3) is 0 Å². The predicted molar refractivity (Wildman–Crippen MR) is 124 cm³/mol. The lowest BCUT2D eigenvalue weighted by Crippen LogP contribution is -2.34. The predicted octanol–water partition coefficient (Wildman–Crippen LogP) is 5.08. The standard InChI is InChI=1S/C27H31FN2O2/c1-2-32-27-12-8-22(15-24(27)19-31)17-30-13-3-4-23(18-30)26-11-7-21(16-29-26)14-20-5-9-25(28)10-6-20/h5-12,15-16,23,31H,2-4,13-14,17-19H2,1H3/t23-/m1/s1. The molecule has 32 heavy (non-hydrogen) atoms. The highest BCUT2D eigenvalue weighted by Gasteiger charge is 2.22. The Labute approximate surface area is 189 Å². The van der Waals surface area contributed by atoms with Gasteiger partial charge in [0.1, 0.15) is 11.6 Å². The first-order valence-electron chi connectivity index (χ1n) is 11.4. The average Bonchev–Trinajstić information content (AvgIpc) is 2.82. The molecule has 1 N–H and O–H groups in total. The van der Waals surface area contributed by atoms with Gasteiger partial charge >= 0.3 is 0 Å². The highest BCUT2D eigenvalue weighted by Crippen LogP contribution is 2.28. The summed E-state index contributed by atoms with van der Waals surface area (Å²) in [4.78, 5) is 7.24. The van der Waals surface area contributed by atoms with Crippen molar-refractivity contribution in [3.8, 4) is 5.75 Å². The molecule has 4 nitrogen and oxygen atoms in total. The Morgan fingerprint density at radius 1 is 1.06 bits per heavy atom. The summed E-state index contributed by atoms with van der Waals surface area (Å²) in [5, 5.41) is 9.68. The van der Waals surface area contributed by atoms with Crippen LogP contribution in [0, 0.1) is 5.82 Å². The van der Waals surface area contributed by atoms with E-state index in [0.717, 1.165) is 67.0 Å². The smallest absolute Gasteiger partial charge is 0.124 e. The monoisotopic (exact) mass is 434 g/mol. The van der Waals surface area contributed by atoms with Crippen LogP contribution in [0.3, 0.4) is 0 Å². The van der Waals surface area contributed by atoms with E-state index in [1.807, 2.05) is 31.3 Å². The third-order valence-corrected chi connectivity index (χ3v) is 6.09. The number of rotatable bonds is 8. The van der Waals surface area contributed by atoms with Crippen LogP contribution >= 0.6 is 0 Å². The topological polar surface area (TPSA) is 45.6 Å². The molecule has 0 aliphatic carbocycles. The number of halogens is 1. The molecule has 5 heteroatoms. The first-order chi connectivity index (χ1) is 15.6. The molecular weight excluding hydrogens is 403 g/mol. The number of nitrogens with zero attached hydrogens (tertiary/aromatic N) is 2. The van der Waals surface area contributed by atoms with Crippen molar-refractivity contribution < 1.29 is 14.2 Å². The van der Waals surface area contributed by atoms with E-state index in [9.17, 15) is 9.50 Å². The molecule has 1 aliphatic heterocycles. The Hall–Kier alpha value is -2.76. The van der Waals surface area contributed by atoms with E-state index >= 15 is 0 Å². The summed E-state index contributed by atoms with van der Waals surface area (Å²) in [6.07, 6.45) is 5.01. The van der Waals surface area contributed by atoms with Crippen LogP contribution < -0.4 is 4.74 Å². The van der Waals surface area contributed by atoms with Gasteiger partial charge in [-0.1, -0.05) is 24.3 Å². The summed E-state index contributed by atoms with van der Waals surface area (Å²) in [5.41, 5.74) is 5.40. The Kier molecular flexibility index (Phi) is 7.51. The van der Waals surface area contributed by atoms with Gasteiger partial charge < -0.3 is 9.84 Å². The highest BCUT2D eigenvalue weighted by atomic mass is 19.1. The van der Waals surface area contributed by atoms with Crippen LogP contribution in [-0.4, -0.2) is 34.7 Å². The minimum absolute atomic E-state index is 0.0139. The maximum Gasteiger partial charge on any atom is 0.124 e. The Balaban J connectivity index is 1.38. The second-order valence-corrected chi connectivity index (χ2v) is 8.50. The van der Waals surface area contributed by atoms with Crippen molar-refractivity contribution in [2.24, 2.45) is 0 Å². The van der Waals surface area contributed by atoms with Crippen LogP contribution in [0.2, 0.25) is 0 Å². The van der Waals surface area contributed by atoms with Crippen LogP contribution in [0.25, 0.3) is 0 Å². The summed E-state index contributed by atoms with van der Waals surface area (Å²) in [6, 6.07) is 17.1. The molecule has 168 valence electrons. The first-order valence-corrected chi connectivity index (χ1v) is 11.4. The minimum Gasteiger partial charge on any atom is -0.494 e. The average molecular weight is 435 g/mol. The first kappa shape index (κ1) is 22.4. The second kappa shape index (κ2) is 10.7. The van der Waals surface area contributed by atoms with E-state index in [2.05, 4.69) is 29.2 Å². The van der Waals surface area contributed by atoms with E-state index < -0.39 is 0 Å². The number of likely N-dealkylation sites (tertiary alicyclic amines) is 1. The molecule has 1 aliphatic rings. The number of hydrogen-bond acceptors (Lipinski definition) is 4. The zero-order valence-corrected chi connectivity index (χ0v) is 18.6. The maximum absolute atomic E-state index is 13.1. The van der Waals surface area contributed by atoms with E-state index in [-0.39, 0.29) is 12.4 Å². The normalized spacial score (nSPS) is 16.8. The number of piperidine rings is 1. The third kappa shape index (κ3) is 5.72. The number of aliphatic hydroxyl groups excluding tert-OH is 1. The second-order valence-electron chi connectivity index (χ2n) is 8.50. The van der Waals surface area contributed by atoms with Crippen LogP contribution in [0.5, 0.6) is 5.75 Å². The fraction of sp³-hybridized carbons (Fsp3) is 0.370. The molecule has 1 saturated heterocycles. The fourth-order valence-corrected chi connectivity index (χ4v) is 4.47.